The van der Waals surface area contributed by atoms with Crippen molar-refractivity contribution in [3.63, 3.8) is 0 Å². The van der Waals surface area contributed by atoms with E-state index in [0.717, 1.165) is 25.2 Å². The Hall–Kier alpha value is -2.82. The van der Waals surface area contributed by atoms with E-state index in [-0.39, 0.29) is 11.8 Å². The van der Waals surface area contributed by atoms with Crippen LogP contribution in [0.25, 0.3) is 0 Å². The fourth-order valence-electron chi connectivity index (χ4n) is 2.85. The Bertz CT molecular complexity index is 792. The Morgan fingerprint density at radius 1 is 0.786 bits per heavy atom. The number of hydrogen-bond acceptors (Lipinski definition) is 3. The monoisotopic (exact) mass is 381 g/mol. The van der Waals surface area contributed by atoms with Crippen LogP contribution in [0, 0.1) is 5.41 Å². The maximum absolute atomic E-state index is 12.7. The molecule has 150 valence electrons. The SMILES string of the molecule is CCc1ccc(NC(=O)C(C)(C)C(=O)Nc2ccc(N(CC)CC)cc2)cc1. The van der Waals surface area contributed by atoms with Gasteiger partial charge in [0.15, 0.2) is 0 Å². The average molecular weight is 382 g/mol. The Morgan fingerprint density at radius 2 is 1.21 bits per heavy atom. The normalized spacial score (nSPS) is 11.0. The van der Waals surface area contributed by atoms with Crippen molar-refractivity contribution in [1.82, 2.24) is 0 Å². The highest BCUT2D eigenvalue weighted by molar-refractivity contribution is 6.14. The second kappa shape index (κ2) is 9.40. The molecule has 0 aliphatic heterocycles. The maximum Gasteiger partial charge on any atom is 0.239 e. The Kier molecular flexibility index (Phi) is 7.21. The second-order valence-electron chi connectivity index (χ2n) is 7.30. The molecule has 0 aromatic heterocycles. The largest absolute Gasteiger partial charge is 0.372 e. The van der Waals surface area contributed by atoms with Crippen LogP contribution in [0.4, 0.5) is 17.1 Å². The third-order valence-electron chi connectivity index (χ3n) is 5.01. The van der Waals surface area contributed by atoms with Gasteiger partial charge in [0.25, 0.3) is 0 Å². The van der Waals surface area contributed by atoms with Crippen molar-refractivity contribution in [3.05, 3.63) is 54.1 Å². The first-order valence-electron chi connectivity index (χ1n) is 9.88. The number of anilines is 3. The summed E-state index contributed by atoms with van der Waals surface area (Å²) in [5.41, 5.74) is 2.46. The van der Waals surface area contributed by atoms with Gasteiger partial charge in [-0.05, 0) is 76.1 Å². The van der Waals surface area contributed by atoms with Crippen molar-refractivity contribution in [3.8, 4) is 0 Å². The zero-order valence-corrected chi connectivity index (χ0v) is 17.5. The van der Waals surface area contributed by atoms with E-state index < -0.39 is 5.41 Å². The minimum Gasteiger partial charge on any atom is -0.372 e. The molecule has 2 aromatic rings. The minimum absolute atomic E-state index is 0.339. The molecule has 0 atom stereocenters. The molecule has 0 aliphatic rings. The van der Waals surface area contributed by atoms with Gasteiger partial charge in [0, 0.05) is 30.2 Å². The number of carbonyl (C=O) groups is 2. The second-order valence-corrected chi connectivity index (χ2v) is 7.30. The number of hydrogen-bond donors (Lipinski definition) is 2. The number of nitrogens with zero attached hydrogens (tertiary/aromatic N) is 1. The third kappa shape index (κ3) is 5.12. The molecule has 5 heteroatoms. The number of carbonyl (C=O) groups excluding carboxylic acids is 2. The van der Waals surface area contributed by atoms with Crippen molar-refractivity contribution < 1.29 is 9.59 Å². The molecule has 2 amide bonds. The highest BCUT2D eigenvalue weighted by Crippen LogP contribution is 2.23. The van der Waals surface area contributed by atoms with E-state index >= 15 is 0 Å². The summed E-state index contributed by atoms with van der Waals surface area (Å²) in [6, 6.07) is 15.3. The van der Waals surface area contributed by atoms with Crippen LogP contribution in [0.3, 0.4) is 0 Å². The van der Waals surface area contributed by atoms with Gasteiger partial charge < -0.3 is 15.5 Å². The molecule has 0 unspecified atom stereocenters. The highest BCUT2D eigenvalue weighted by Gasteiger charge is 2.36. The fourth-order valence-corrected chi connectivity index (χ4v) is 2.85. The number of amides is 2. The Labute approximate surface area is 168 Å². The smallest absolute Gasteiger partial charge is 0.239 e. The minimum atomic E-state index is -1.21. The van der Waals surface area contributed by atoms with E-state index in [9.17, 15) is 9.59 Å². The first-order chi connectivity index (χ1) is 13.3. The van der Waals surface area contributed by atoms with Gasteiger partial charge in [-0.3, -0.25) is 9.59 Å². The Morgan fingerprint density at radius 3 is 1.61 bits per heavy atom. The zero-order valence-electron chi connectivity index (χ0n) is 17.5. The molecular weight excluding hydrogens is 350 g/mol. The molecule has 0 spiro atoms. The summed E-state index contributed by atoms with van der Waals surface area (Å²) in [5, 5.41) is 5.68. The van der Waals surface area contributed by atoms with Gasteiger partial charge >= 0.3 is 0 Å². The zero-order chi connectivity index (χ0) is 20.7. The molecule has 0 saturated heterocycles. The number of aryl methyl sites for hydroxylation is 1. The van der Waals surface area contributed by atoms with Crippen molar-refractivity contribution in [2.75, 3.05) is 28.6 Å². The molecule has 0 bridgehead atoms. The van der Waals surface area contributed by atoms with Crippen molar-refractivity contribution in [2.45, 2.75) is 41.0 Å². The lowest BCUT2D eigenvalue weighted by Crippen LogP contribution is -2.41. The van der Waals surface area contributed by atoms with Gasteiger partial charge in [0.2, 0.25) is 11.8 Å². The number of nitrogens with one attached hydrogen (secondary N) is 2. The maximum atomic E-state index is 12.7. The summed E-state index contributed by atoms with van der Waals surface area (Å²) in [5.74, 6) is -0.681. The summed E-state index contributed by atoms with van der Waals surface area (Å²) in [4.78, 5) is 27.6. The molecular formula is C23H31N3O2. The first kappa shape index (κ1) is 21.5. The lowest BCUT2D eigenvalue weighted by Gasteiger charge is -2.24. The van der Waals surface area contributed by atoms with Crippen molar-refractivity contribution in [2.24, 2.45) is 5.41 Å². The molecule has 0 fully saturated rings. The summed E-state index contributed by atoms with van der Waals surface area (Å²) < 4.78 is 0. The molecule has 0 aliphatic carbocycles. The lowest BCUT2D eigenvalue weighted by atomic mass is 9.90. The number of rotatable bonds is 8. The molecule has 0 heterocycles. The summed E-state index contributed by atoms with van der Waals surface area (Å²) in [7, 11) is 0. The van der Waals surface area contributed by atoms with Crippen LogP contribution < -0.4 is 15.5 Å². The predicted molar refractivity (Wildman–Crippen MR) is 117 cm³/mol. The van der Waals surface area contributed by atoms with E-state index in [2.05, 4.69) is 36.3 Å². The predicted octanol–water partition coefficient (Wildman–Crippen LogP) is 4.70. The molecule has 28 heavy (non-hydrogen) atoms. The summed E-state index contributed by atoms with van der Waals surface area (Å²) in [6.45, 7) is 11.4. The van der Waals surface area contributed by atoms with Gasteiger partial charge in [-0.2, -0.15) is 0 Å². The molecule has 2 rings (SSSR count). The third-order valence-corrected chi connectivity index (χ3v) is 5.01. The van der Waals surface area contributed by atoms with Gasteiger partial charge in [-0.25, -0.2) is 0 Å². The van der Waals surface area contributed by atoms with Crippen LogP contribution >= 0.6 is 0 Å². The summed E-state index contributed by atoms with van der Waals surface area (Å²) >= 11 is 0. The van der Waals surface area contributed by atoms with Crippen LogP contribution in [-0.2, 0) is 16.0 Å². The van der Waals surface area contributed by atoms with E-state index in [1.165, 1.54) is 5.56 Å². The van der Waals surface area contributed by atoms with Gasteiger partial charge in [0.05, 0.1) is 0 Å². The fraction of sp³-hybridized carbons (Fsp3) is 0.391. The van der Waals surface area contributed by atoms with Crippen LogP contribution in [0.2, 0.25) is 0 Å². The van der Waals surface area contributed by atoms with Crippen LogP contribution in [0.15, 0.2) is 48.5 Å². The van der Waals surface area contributed by atoms with Crippen molar-refractivity contribution in [1.29, 1.82) is 0 Å². The molecule has 0 radical (unpaired) electrons. The standard InChI is InChI=1S/C23H31N3O2/c1-6-17-9-11-18(12-10-17)24-21(27)23(4,5)22(28)25-19-13-15-20(16-14-19)26(7-2)8-3/h9-16H,6-8H2,1-5H3,(H,24,27)(H,25,28). The van der Waals surface area contributed by atoms with Gasteiger partial charge in [0.1, 0.15) is 5.41 Å². The molecule has 5 nitrogen and oxygen atoms in total. The topological polar surface area (TPSA) is 61.4 Å². The van der Waals surface area contributed by atoms with Gasteiger partial charge in [-0.15, -0.1) is 0 Å². The Balaban J connectivity index is 2.03. The summed E-state index contributed by atoms with van der Waals surface area (Å²) in [6.07, 6.45) is 0.940. The average Bonchev–Trinajstić information content (AvgIpc) is 2.70. The van der Waals surface area contributed by atoms with Crippen LogP contribution in [-0.4, -0.2) is 24.9 Å². The quantitative estimate of drug-likeness (QED) is 0.652. The first-order valence-corrected chi connectivity index (χ1v) is 9.88. The van der Waals surface area contributed by atoms with E-state index in [4.69, 9.17) is 0 Å². The number of benzene rings is 2. The highest BCUT2D eigenvalue weighted by atomic mass is 16.2. The van der Waals surface area contributed by atoms with E-state index in [1.54, 1.807) is 13.8 Å². The van der Waals surface area contributed by atoms with Crippen LogP contribution in [0.5, 0.6) is 0 Å². The molecule has 2 aromatic carbocycles. The molecule has 2 N–H and O–H groups in total. The lowest BCUT2D eigenvalue weighted by molar-refractivity contribution is -0.135. The van der Waals surface area contributed by atoms with E-state index in [0.29, 0.717) is 11.4 Å². The van der Waals surface area contributed by atoms with Crippen molar-refractivity contribution >= 4 is 28.9 Å². The van der Waals surface area contributed by atoms with E-state index in [1.807, 2.05) is 48.5 Å². The molecule has 0 saturated carbocycles. The van der Waals surface area contributed by atoms with Crippen LogP contribution in [0.1, 0.15) is 40.2 Å². The van der Waals surface area contributed by atoms with Gasteiger partial charge in [-0.1, -0.05) is 19.1 Å².